The number of nitrogens with two attached hydrogens (primary N) is 1. The first-order valence-corrected chi connectivity index (χ1v) is 8.09. The Morgan fingerprint density at radius 2 is 1.90 bits per heavy atom. The average Bonchev–Trinajstić information content (AvgIpc) is 2.36. The minimum atomic E-state index is -3.65. The lowest BCUT2D eigenvalue weighted by atomic mass is 10.2. The van der Waals surface area contributed by atoms with Crippen molar-refractivity contribution >= 4 is 37.3 Å². The zero-order chi connectivity index (χ0) is 14.9. The summed E-state index contributed by atoms with van der Waals surface area (Å²) in [5, 5.41) is 0. The van der Waals surface area contributed by atoms with Crippen molar-refractivity contribution in [2.24, 2.45) is 0 Å². The van der Waals surface area contributed by atoms with Gasteiger partial charge in [-0.2, -0.15) is 0 Å². The number of aromatic nitrogens is 1. The maximum absolute atomic E-state index is 12.3. The Bertz CT molecular complexity index is 760. The molecule has 0 aliphatic heterocycles. The fourth-order valence-electron chi connectivity index (χ4n) is 1.66. The van der Waals surface area contributed by atoms with Crippen LogP contribution in [0.25, 0.3) is 0 Å². The van der Waals surface area contributed by atoms with Crippen molar-refractivity contribution in [2.75, 3.05) is 10.5 Å². The first-order valence-electron chi connectivity index (χ1n) is 5.82. The zero-order valence-electron chi connectivity index (χ0n) is 11.0. The van der Waals surface area contributed by atoms with Gasteiger partial charge in [-0.25, -0.2) is 13.4 Å². The number of hydrogen-bond donors (Lipinski definition) is 2. The number of halogens is 1. The van der Waals surface area contributed by atoms with Gasteiger partial charge in [-0.1, -0.05) is 0 Å². The molecule has 0 fully saturated rings. The molecule has 0 saturated carbocycles. The summed E-state index contributed by atoms with van der Waals surface area (Å²) >= 11 is 3.24. The van der Waals surface area contributed by atoms with Crippen LogP contribution in [0.4, 0.5) is 11.4 Å². The van der Waals surface area contributed by atoms with E-state index in [0.29, 0.717) is 21.7 Å². The molecule has 0 bridgehead atoms. The van der Waals surface area contributed by atoms with E-state index in [1.807, 2.05) is 0 Å². The molecule has 2 rings (SSSR count). The Morgan fingerprint density at radius 3 is 2.50 bits per heavy atom. The summed E-state index contributed by atoms with van der Waals surface area (Å²) in [5.41, 5.74) is 8.02. The van der Waals surface area contributed by atoms with Gasteiger partial charge in [-0.3, -0.25) is 4.72 Å². The van der Waals surface area contributed by atoms with Gasteiger partial charge in [0.1, 0.15) is 4.60 Å². The Hall–Kier alpha value is -1.60. The molecule has 0 radical (unpaired) electrons. The van der Waals surface area contributed by atoms with Gasteiger partial charge in [-0.05, 0) is 65.7 Å². The number of nitrogens with zero attached hydrogens (tertiary/aromatic N) is 1. The van der Waals surface area contributed by atoms with E-state index in [1.165, 1.54) is 6.07 Å². The highest BCUT2D eigenvalue weighted by Crippen LogP contribution is 2.22. The van der Waals surface area contributed by atoms with Crippen molar-refractivity contribution in [1.29, 1.82) is 0 Å². The van der Waals surface area contributed by atoms with Crippen LogP contribution < -0.4 is 10.5 Å². The van der Waals surface area contributed by atoms with Crippen molar-refractivity contribution in [3.63, 3.8) is 0 Å². The van der Waals surface area contributed by atoms with Gasteiger partial charge < -0.3 is 5.73 Å². The summed E-state index contributed by atoms with van der Waals surface area (Å²) in [6, 6.07) is 7.94. The van der Waals surface area contributed by atoms with Crippen LogP contribution >= 0.6 is 15.9 Å². The Balaban J connectivity index is 2.38. The van der Waals surface area contributed by atoms with E-state index in [0.717, 1.165) is 5.56 Å². The van der Waals surface area contributed by atoms with Crippen molar-refractivity contribution in [3.8, 4) is 0 Å². The molecule has 106 valence electrons. The molecule has 7 heteroatoms. The molecule has 2 aromatic rings. The monoisotopic (exact) mass is 355 g/mol. The number of rotatable bonds is 3. The van der Waals surface area contributed by atoms with E-state index < -0.39 is 10.0 Å². The molecule has 0 amide bonds. The lowest BCUT2D eigenvalue weighted by molar-refractivity contribution is 0.601. The van der Waals surface area contributed by atoms with Crippen LogP contribution in [0, 0.1) is 13.8 Å². The molecule has 1 aromatic heterocycles. The minimum absolute atomic E-state index is 0.173. The molecular weight excluding hydrogens is 342 g/mol. The molecule has 0 unspecified atom stereocenters. The maximum Gasteiger partial charge on any atom is 0.261 e. The predicted molar refractivity (Wildman–Crippen MR) is 83.1 cm³/mol. The number of hydrogen-bond acceptors (Lipinski definition) is 4. The van der Waals surface area contributed by atoms with Crippen LogP contribution in [-0.4, -0.2) is 13.4 Å². The van der Waals surface area contributed by atoms with Crippen LogP contribution in [0.5, 0.6) is 0 Å². The van der Waals surface area contributed by atoms with Crippen molar-refractivity contribution < 1.29 is 8.42 Å². The Kier molecular flexibility index (Phi) is 4.01. The van der Waals surface area contributed by atoms with Crippen LogP contribution in [-0.2, 0) is 10.0 Å². The van der Waals surface area contributed by atoms with Crippen LogP contribution in [0.15, 0.2) is 39.8 Å². The quantitative estimate of drug-likeness (QED) is 0.654. The molecule has 1 aromatic carbocycles. The summed E-state index contributed by atoms with van der Waals surface area (Å²) in [4.78, 5) is 4.33. The number of nitrogen functional groups attached to an aromatic ring is 1. The molecule has 0 saturated heterocycles. The first kappa shape index (κ1) is 14.8. The van der Waals surface area contributed by atoms with E-state index in [4.69, 9.17) is 5.73 Å². The van der Waals surface area contributed by atoms with Crippen molar-refractivity contribution in [1.82, 2.24) is 4.98 Å². The largest absolute Gasteiger partial charge is 0.399 e. The number of benzene rings is 1. The number of nitrogens with one attached hydrogen (secondary N) is 1. The smallest absolute Gasteiger partial charge is 0.261 e. The van der Waals surface area contributed by atoms with E-state index >= 15 is 0 Å². The molecule has 0 aliphatic carbocycles. The molecule has 1 heterocycles. The highest BCUT2D eigenvalue weighted by Gasteiger charge is 2.16. The number of aryl methyl sites for hydroxylation is 2. The lowest BCUT2D eigenvalue weighted by Crippen LogP contribution is -2.14. The molecule has 20 heavy (non-hydrogen) atoms. The summed E-state index contributed by atoms with van der Waals surface area (Å²) < 4.78 is 27.8. The van der Waals surface area contributed by atoms with Crippen LogP contribution in [0.2, 0.25) is 0 Å². The molecule has 3 N–H and O–H groups in total. The SMILES string of the molecule is Cc1cc(S(=O)(=O)Nc2ccc(Br)nc2C)ccc1N. The minimum Gasteiger partial charge on any atom is -0.399 e. The van der Waals surface area contributed by atoms with E-state index in [1.54, 1.807) is 38.1 Å². The molecule has 0 spiro atoms. The van der Waals surface area contributed by atoms with Crippen LogP contribution in [0.3, 0.4) is 0 Å². The third kappa shape index (κ3) is 3.10. The Morgan fingerprint density at radius 1 is 1.20 bits per heavy atom. The predicted octanol–water partition coefficient (Wildman–Crippen LogP) is 2.84. The fraction of sp³-hybridized carbons (Fsp3) is 0.154. The summed E-state index contributed by atoms with van der Waals surface area (Å²) in [5.74, 6) is 0. The third-order valence-electron chi connectivity index (χ3n) is 2.85. The van der Waals surface area contributed by atoms with Gasteiger partial charge >= 0.3 is 0 Å². The second-order valence-corrected chi connectivity index (χ2v) is 6.89. The average molecular weight is 356 g/mol. The second-order valence-electron chi connectivity index (χ2n) is 4.39. The molecule has 0 aliphatic rings. The summed E-state index contributed by atoms with van der Waals surface area (Å²) in [6.07, 6.45) is 0. The highest BCUT2D eigenvalue weighted by atomic mass is 79.9. The lowest BCUT2D eigenvalue weighted by Gasteiger charge is -2.11. The van der Waals surface area contributed by atoms with Crippen molar-refractivity contribution in [3.05, 3.63) is 46.2 Å². The number of anilines is 2. The normalized spacial score (nSPS) is 11.3. The third-order valence-corrected chi connectivity index (χ3v) is 4.65. The summed E-state index contributed by atoms with van der Waals surface area (Å²) in [7, 11) is -3.65. The molecular formula is C13H14BrN3O2S. The van der Waals surface area contributed by atoms with Gasteiger partial charge in [0.2, 0.25) is 0 Å². The Labute approximate surface area is 126 Å². The first-order chi connectivity index (χ1) is 9.29. The summed E-state index contributed by atoms with van der Waals surface area (Å²) in [6.45, 7) is 3.50. The van der Waals surface area contributed by atoms with Gasteiger partial charge in [0, 0.05) is 5.69 Å². The number of sulfonamides is 1. The van der Waals surface area contributed by atoms with Gasteiger partial charge in [0.05, 0.1) is 16.3 Å². The second kappa shape index (κ2) is 5.41. The number of pyridine rings is 1. The van der Waals surface area contributed by atoms with Crippen LogP contribution in [0.1, 0.15) is 11.3 Å². The molecule has 0 atom stereocenters. The van der Waals surface area contributed by atoms with E-state index in [2.05, 4.69) is 25.6 Å². The van der Waals surface area contributed by atoms with Gasteiger partial charge in [0.15, 0.2) is 0 Å². The van der Waals surface area contributed by atoms with Gasteiger partial charge in [-0.15, -0.1) is 0 Å². The van der Waals surface area contributed by atoms with Crippen molar-refractivity contribution in [2.45, 2.75) is 18.7 Å². The maximum atomic E-state index is 12.3. The van der Waals surface area contributed by atoms with E-state index in [9.17, 15) is 8.42 Å². The van der Waals surface area contributed by atoms with E-state index in [-0.39, 0.29) is 4.90 Å². The fourth-order valence-corrected chi connectivity index (χ4v) is 3.26. The van der Waals surface area contributed by atoms with Gasteiger partial charge in [0.25, 0.3) is 10.0 Å². The topological polar surface area (TPSA) is 85.1 Å². The highest BCUT2D eigenvalue weighted by molar-refractivity contribution is 9.10. The molecule has 5 nitrogen and oxygen atoms in total. The standard InChI is InChI=1S/C13H14BrN3O2S/c1-8-7-10(3-4-11(8)15)20(18,19)17-12-5-6-13(14)16-9(12)2/h3-7,17H,15H2,1-2H3. The zero-order valence-corrected chi connectivity index (χ0v) is 13.4.